The Labute approximate surface area is 113 Å². The quantitative estimate of drug-likeness (QED) is 0.719. The SMILES string of the molecule is CCCNCC1CCCCC1C1CC2CCC1C2. The number of fused-ring (bicyclic) bond motifs is 2. The van der Waals surface area contributed by atoms with Gasteiger partial charge in [0.25, 0.3) is 0 Å². The molecule has 2 bridgehead atoms. The summed E-state index contributed by atoms with van der Waals surface area (Å²) >= 11 is 0. The van der Waals surface area contributed by atoms with E-state index in [-0.39, 0.29) is 0 Å². The van der Waals surface area contributed by atoms with Gasteiger partial charge in [-0.3, -0.25) is 0 Å². The smallest absolute Gasteiger partial charge is 0.00178 e. The Kier molecular flexibility index (Phi) is 4.28. The van der Waals surface area contributed by atoms with Crippen molar-refractivity contribution in [2.75, 3.05) is 13.1 Å². The van der Waals surface area contributed by atoms with Gasteiger partial charge in [-0.15, -0.1) is 0 Å². The van der Waals surface area contributed by atoms with Gasteiger partial charge < -0.3 is 5.32 Å². The molecular weight excluding hydrogens is 218 g/mol. The van der Waals surface area contributed by atoms with E-state index >= 15 is 0 Å². The largest absolute Gasteiger partial charge is 0.316 e. The summed E-state index contributed by atoms with van der Waals surface area (Å²) in [4.78, 5) is 0. The van der Waals surface area contributed by atoms with Gasteiger partial charge in [-0.2, -0.15) is 0 Å². The van der Waals surface area contributed by atoms with Crippen molar-refractivity contribution in [2.24, 2.45) is 29.6 Å². The van der Waals surface area contributed by atoms with Crippen molar-refractivity contribution in [1.29, 1.82) is 0 Å². The molecule has 3 saturated carbocycles. The molecule has 0 saturated heterocycles. The lowest BCUT2D eigenvalue weighted by Crippen LogP contribution is -2.36. The van der Waals surface area contributed by atoms with Crippen LogP contribution in [0.25, 0.3) is 0 Å². The molecule has 3 aliphatic carbocycles. The highest BCUT2D eigenvalue weighted by molar-refractivity contribution is 4.95. The fourth-order valence-electron chi connectivity index (χ4n) is 5.34. The number of rotatable bonds is 5. The third-order valence-electron chi connectivity index (χ3n) is 6.14. The van der Waals surface area contributed by atoms with Gasteiger partial charge in [0, 0.05) is 0 Å². The standard InChI is InChI=1S/C17H31N/c1-2-9-18-12-15-5-3-4-6-16(15)17-11-13-7-8-14(17)10-13/h13-18H,2-12H2,1H3. The van der Waals surface area contributed by atoms with Crippen molar-refractivity contribution in [3.05, 3.63) is 0 Å². The molecule has 1 N–H and O–H groups in total. The molecule has 3 fully saturated rings. The minimum atomic E-state index is 1.01. The van der Waals surface area contributed by atoms with Gasteiger partial charge in [-0.25, -0.2) is 0 Å². The van der Waals surface area contributed by atoms with Crippen LogP contribution < -0.4 is 5.32 Å². The summed E-state index contributed by atoms with van der Waals surface area (Å²) in [5.41, 5.74) is 0. The summed E-state index contributed by atoms with van der Waals surface area (Å²) < 4.78 is 0. The Morgan fingerprint density at radius 3 is 2.56 bits per heavy atom. The summed E-state index contributed by atoms with van der Waals surface area (Å²) in [6.07, 6.45) is 13.7. The normalized spacial score (nSPS) is 43.5. The van der Waals surface area contributed by atoms with E-state index in [2.05, 4.69) is 12.2 Å². The Hall–Kier alpha value is -0.0400. The number of nitrogens with one attached hydrogen (secondary N) is 1. The number of hydrogen-bond acceptors (Lipinski definition) is 1. The maximum absolute atomic E-state index is 3.70. The second kappa shape index (κ2) is 5.94. The Morgan fingerprint density at radius 2 is 1.83 bits per heavy atom. The Balaban J connectivity index is 1.57. The number of hydrogen-bond donors (Lipinski definition) is 1. The van der Waals surface area contributed by atoms with Crippen molar-refractivity contribution in [1.82, 2.24) is 5.32 Å². The van der Waals surface area contributed by atoms with Gasteiger partial charge >= 0.3 is 0 Å². The van der Waals surface area contributed by atoms with Crippen LogP contribution in [0.15, 0.2) is 0 Å². The van der Waals surface area contributed by atoms with Crippen LogP contribution in [0.1, 0.15) is 64.7 Å². The molecule has 5 unspecified atom stereocenters. The third kappa shape index (κ3) is 2.61. The molecule has 104 valence electrons. The summed E-state index contributed by atoms with van der Waals surface area (Å²) in [6, 6.07) is 0. The van der Waals surface area contributed by atoms with E-state index in [1.54, 1.807) is 32.1 Å². The zero-order valence-corrected chi connectivity index (χ0v) is 12.2. The molecule has 3 rings (SSSR count). The first-order valence-electron chi connectivity index (χ1n) is 8.59. The fraction of sp³-hybridized carbons (Fsp3) is 1.00. The molecule has 0 aromatic rings. The molecule has 5 atom stereocenters. The lowest BCUT2D eigenvalue weighted by molar-refractivity contribution is 0.115. The van der Waals surface area contributed by atoms with Gasteiger partial charge in [0.15, 0.2) is 0 Å². The molecule has 0 heterocycles. The zero-order valence-electron chi connectivity index (χ0n) is 12.2. The van der Waals surface area contributed by atoms with Crippen LogP contribution in [0.5, 0.6) is 0 Å². The second-order valence-electron chi connectivity index (χ2n) is 7.25. The van der Waals surface area contributed by atoms with Crippen molar-refractivity contribution in [3.8, 4) is 0 Å². The second-order valence-corrected chi connectivity index (χ2v) is 7.25. The monoisotopic (exact) mass is 249 g/mol. The highest BCUT2D eigenvalue weighted by Gasteiger charge is 2.45. The van der Waals surface area contributed by atoms with Gasteiger partial charge in [0.2, 0.25) is 0 Å². The van der Waals surface area contributed by atoms with Crippen molar-refractivity contribution < 1.29 is 0 Å². The molecule has 1 nitrogen and oxygen atoms in total. The van der Waals surface area contributed by atoms with E-state index in [0.717, 1.165) is 29.6 Å². The zero-order chi connectivity index (χ0) is 12.4. The van der Waals surface area contributed by atoms with Crippen LogP contribution in [-0.4, -0.2) is 13.1 Å². The first-order valence-corrected chi connectivity index (χ1v) is 8.59. The summed E-state index contributed by atoms with van der Waals surface area (Å²) in [6.45, 7) is 4.81. The molecular formula is C17H31N. The topological polar surface area (TPSA) is 12.0 Å². The van der Waals surface area contributed by atoms with E-state index in [1.165, 1.54) is 38.8 Å². The lowest BCUT2D eigenvalue weighted by Gasteiger charge is -2.39. The van der Waals surface area contributed by atoms with E-state index in [1.807, 2.05) is 0 Å². The molecule has 0 amide bonds. The van der Waals surface area contributed by atoms with Gasteiger partial charge in [0.05, 0.1) is 0 Å². The highest BCUT2D eigenvalue weighted by atomic mass is 14.9. The summed E-state index contributed by atoms with van der Waals surface area (Å²) in [5.74, 6) is 5.48. The van der Waals surface area contributed by atoms with Crippen molar-refractivity contribution >= 4 is 0 Å². The Morgan fingerprint density at radius 1 is 0.944 bits per heavy atom. The highest BCUT2D eigenvalue weighted by Crippen LogP contribution is 2.54. The van der Waals surface area contributed by atoms with Crippen molar-refractivity contribution in [3.63, 3.8) is 0 Å². The van der Waals surface area contributed by atoms with Crippen LogP contribution in [-0.2, 0) is 0 Å². The predicted octanol–water partition coefficient (Wildman–Crippen LogP) is 4.23. The van der Waals surface area contributed by atoms with Crippen LogP contribution >= 0.6 is 0 Å². The molecule has 0 spiro atoms. The average Bonchev–Trinajstić information content (AvgIpc) is 3.02. The molecule has 3 aliphatic rings. The molecule has 0 aromatic heterocycles. The van der Waals surface area contributed by atoms with Crippen LogP contribution in [0, 0.1) is 29.6 Å². The van der Waals surface area contributed by atoms with E-state index in [0.29, 0.717) is 0 Å². The van der Waals surface area contributed by atoms with Crippen LogP contribution in [0.2, 0.25) is 0 Å². The molecule has 1 heteroatoms. The summed E-state index contributed by atoms with van der Waals surface area (Å²) in [7, 11) is 0. The average molecular weight is 249 g/mol. The van der Waals surface area contributed by atoms with Gasteiger partial charge in [-0.1, -0.05) is 26.2 Å². The van der Waals surface area contributed by atoms with Crippen LogP contribution in [0.4, 0.5) is 0 Å². The molecule has 0 radical (unpaired) electrons. The predicted molar refractivity (Wildman–Crippen MR) is 77.5 cm³/mol. The van der Waals surface area contributed by atoms with E-state index < -0.39 is 0 Å². The minimum Gasteiger partial charge on any atom is -0.316 e. The van der Waals surface area contributed by atoms with E-state index in [9.17, 15) is 0 Å². The molecule has 18 heavy (non-hydrogen) atoms. The Bertz CT molecular complexity index is 262. The minimum absolute atomic E-state index is 1.01. The molecule has 0 aromatic carbocycles. The van der Waals surface area contributed by atoms with Crippen LogP contribution in [0.3, 0.4) is 0 Å². The van der Waals surface area contributed by atoms with Crippen molar-refractivity contribution in [2.45, 2.75) is 64.7 Å². The first kappa shape index (κ1) is 13.0. The lowest BCUT2D eigenvalue weighted by atomic mass is 9.67. The maximum Gasteiger partial charge on any atom is -0.00178 e. The van der Waals surface area contributed by atoms with E-state index in [4.69, 9.17) is 0 Å². The summed E-state index contributed by atoms with van der Waals surface area (Å²) in [5, 5.41) is 3.70. The van der Waals surface area contributed by atoms with Gasteiger partial charge in [0.1, 0.15) is 0 Å². The molecule has 0 aliphatic heterocycles. The first-order chi connectivity index (χ1) is 8.88. The van der Waals surface area contributed by atoms with Gasteiger partial charge in [-0.05, 0) is 81.2 Å². The third-order valence-corrected chi connectivity index (χ3v) is 6.14. The fourth-order valence-corrected chi connectivity index (χ4v) is 5.34. The maximum atomic E-state index is 3.70.